The Bertz CT molecular complexity index is 791. The maximum absolute atomic E-state index is 12.6. The number of nitrogens with one attached hydrogen (secondary N) is 1. The van der Waals surface area contributed by atoms with Crippen molar-refractivity contribution in [1.29, 1.82) is 0 Å². The van der Waals surface area contributed by atoms with Gasteiger partial charge in [0.05, 0.1) is 19.8 Å². The molecule has 30 heavy (non-hydrogen) atoms. The van der Waals surface area contributed by atoms with Gasteiger partial charge < -0.3 is 15.0 Å². The van der Waals surface area contributed by atoms with Gasteiger partial charge in [-0.25, -0.2) is 0 Å². The van der Waals surface area contributed by atoms with Gasteiger partial charge in [0, 0.05) is 44.1 Å². The fourth-order valence-corrected chi connectivity index (χ4v) is 4.16. The van der Waals surface area contributed by atoms with Crippen molar-refractivity contribution >= 4 is 17.3 Å². The lowest BCUT2D eigenvalue weighted by Gasteiger charge is -2.29. The van der Waals surface area contributed by atoms with Crippen LogP contribution in [0.2, 0.25) is 0 Å². The molecule has 2 aromatic rings. The van der Waals surface area contributed by atoms with E-state index in [0.29, 0.717) is 6.54 Å². The predicted octanol–water partition coefficient (Wildman–Crippen LogP) is 2.67. The van der Waals surface area contributed by atoms with Gasteiger partial charge in [0.15, 0.2) is 0 Å². The van der Waals surface area contributed by atoms with E-state index in [2.05, 4.69) is 62.5 Å². The van der Waals surface area contributed by atoms with Crippen LogP contribution in [0.3, 0.4) is 0 Å². The van der Waals surface area contributed by atoms with Crippen LogP contribution in [0.15, 0.2) is 54.6 Å². The highest BCUT2D eigenvalue weighted by molar-refractivity contribution is 5.92. The molecule has 0 saturated carbocycles. The average molecular weight is 409 g/mol. The van der Waals surface area contributed by atoms with E-state index in [1.807, 2.05) is 12.1 Å². The number of carbonyl (C=O) groups excluding carboxylic acids is 1. The average Bonchev–Trinajstić information content (AvgIpc) is 3.00. The van der Waals surface area contributed by atoms with Crippen LogP contribution in [-0.4, -0.2) is 74.7 Å². The summed E-state index contributed by atoms with van der Waals surface area (Å²) in [5, 5.41) is 3.05. The van der Waals surface area contributed by atoms with Crippen LogP contribution in [0.5, 0.6) is 0 Å². The molecule has 0 atom stereocenters. The summed E-state index contributed by atoms with van der Waals surface area (Å²) in [6.07, 6.45) is 1.09. The molecule has 0 radical (unpaired) electrons. The van der Waals surface area contributed by atoms with Gasteiger partial charge >= 0.3 is 0 Å². The van der Waals surface area contributed by atoms with E-state index in [9.17, 15) is 4.79 Å². The van der Waals surface area contributed by atoms with Crippen molar-refractivity contribution in [3.05, 3.63) is 60.2 Å². The third-order valence-corrected chi connectivity index (χ3v) is 5.82. The van der Waals surface area contributed by atoms with Gasteiger partial charge in [0.1, 0.15) is 0 Å². The van der Waals surface area contributed by atoms with Crippen LogP contribution in [0.4, 0.5) is 11.4 Å². The minimum Gasteiger partial charge on any atom is -0.378 e. The van der Waals surface area contributed by atoms with E-state index in [4.69, 9.17) is 4.74 Å². The van der Waals surface area contributed by atoms with E-state index in [-0.39, 0.29) is 5.91 Å². The lowest BCUT2D eigenvalue weighted by atomic mass is 10.2. The topological polar surface area (TPSA) is 48.1 Å². The molecule has 2 heterocycles. The molecule has 2 saturated heterocycles. The van der Waals surface area contributed by atoms with Gasteiger partial charge in [-0.05, 0) is 49.3 Å². The van der Waals surface area contributed by atoms with E-state index in [0.717, 1.165) is 71.1 Å². The molecule has 2 aliphatic rings. The number of benzene rings is 2. The molecule has 0 unspecified atom stereocenters. The number of rotatable bonds is 6. The van der Waals surface area contributed by atoms with Crippen molar-refractivity contribution in [1.82, 2.24) is 9.80 Å². The predicted molar refractivity (Wildman–Crippen MR) is 121 cm³/mol. The number of anilines is 2. The first-order chi connectivity index (χ1) is 14.8. The highest BCUT2D eigenvalue weighted by atomic mass is 16.5. The molecule has 0 bridgehead atoms. The van der Waals surface area contributed by atoms with Crippen molar-refractivity contribution in [3.8, 4) is 0 Å². The number of hydrogen-bond donors (Lipinski definition) is 1. The van der Waals surface area contributed by atoms with Gasteiger partial charge in [-0.3, -0.25) is 14.6 Å². The molecule has 2 aliphatic heterocycles. The summed E-state index contributed by atoms with van der Waals surface area (Å²) in [5.74, 6) is 0.0608. The maximum atomic E-state index is 12.6. The quantitative estimate of drug-likeness (QED) is 0.796. The van der Waals surface area contributed by atoms with E-state index in [1.165, 1.54) is 11.3 Å². The van der Waals surface area contributed by atoms with Crippen LogP contribution >= 0.6 is 0 Å². The Labute approximate surface area is 179 Å². The van der Waals surface area contributed by atoms with Crippen LogP contribution < -0.4 is 10.2 Å². The molecule has 0 aliphatic carbocycles. The van der Waals surface area contributed by atoms with Gasteiger partial charge in [-0.15, -0.1) is 0 Å². The van der Waals surface area contributed by atoms with Crippen LogP contribution in [-0.2, 0) is 16.1 Å². The number of morpholine rings is 1. The summed E-state index contributed by atoms with van der Waals surface area (Å²) in [4.78, 5) is 19.6. The Hall–Kier alpha value is -2.41. The number of hydrogen-bond acceptors (Lipinski definition) is 5. The second kappa shape index (κ2) is 10.6. The zero-order chi connectivity index (χ0) is 20.6. The minimum atomic E-state index is 0.0608. The normalized spacial score (nSPS) is 18.7. The Kier molecular flexibility index (Phi) is 7.34. The Morgan fingerprint density at radius 3 is 2.30 bits per heavy atom. The second-order valence-electron chi connectivity index (χ2n) is 8.09. The van der Waals surface area contributed by atoms with E-state index >= 15 is 0 Å². The Morgan fingerprint density at radius 1 is 0.833 bits per heavy atom. The van der Waals surface area contributed by atoms with Crippen LogP contribution in [0.1, 0.15) is 12.0 Å². The lowest BCUT2D eigenvalue weighted by Crippen LogP contribution is -2.36. The molecule has 1 N–H and O–H groups in total. The summed E-state index contributed by atoms with van der Waals surface area (Å²) in [7, 11) is 0. The fraction of sp³-hybridized carbons (Fsp3) is 0.458. The molecule has 0 spiro atoms. The molecule has 0 aromatic heterocycles. The molecule has 6 heteroatoms. The van der Waals surface area contributed by atoms with Crippen molar-refractivity contribution in [3.63, 3.8) is 0 Å². The first-order valence-corrected chi connectivity index (χ1v) is 11.0. The molecule has 160 valence electrons. The zero-order valence-corrected chi connectivity index (χ0v) is 17.6. The number of nitrogens with zero attached hydrogens (tertiary/aromatic N) is 3. The summed E-state index contributed by atoms with van der Waals surface area (Å²) >= 11 is 0. The van der Waals surface area contributed by atoms with E-state index < -0.39 is 0 Å². The molecule has 2 aromatic carbocycles. The SMILES string of the molecule is O=C(CN1CCCN(Cc2ccccc2)CC1)Nc1ccc(N2CCOCC2)cc1. The third kappa shape index (κ3) is 6.05. The summed E-state index contributed by atoms with van der Waals surface area (Å²) < 4.78 is 5.41. The van der Waals surface area contributed by atoms with Crippen molar-refractivity contribution in [2.75, 3.05) is 69.2 Å². The van der Waals surface area contributed by atoms with Crippen molar-refractivity contribution in [2.24, 2.45) is 0 Å². The monoisotopic (exact) mass is 408 g/mol. The fourth-order valence-electron chi connectivity index (χ4n) is 4.16. The first kappa shape index (κ1) is 20.8. The third-order valence-electron chi connectivity index (χ3n) is 5.82. The Balaban J connectivity index is 1.23. The van der Waals surface area contributed by atoms with Gasteiger partial charge in [-0.2, -0.15) is 0 Å². The van der Waals surface area contributed by atoms with Crippen molar-refractivity contribution < 1.29 is 9.53 Å². The second-order valence-corrected chi connectivity index (χ2v) is 8.09. The highest BCUT2D eigenvalue weighted by Crippen LogP contribution is 2.19. The zero-order valence-electron chi connectivity index (χ0n) is 17.6. The lowest BCUT2D eigenvalue weighted by molar-refractivity contribution is -0.117. The van der Waals surface area contributed by atoms with Crippen LogP contribution in [0, 0.1) is 0 Å². The number of ether oxygens (including phenoxy) is 1. The smallest absolute Gasteiger partial charge is 0.238 e. The summed E-state index contributed by atoms with van der Waals surface area (Å²) in [6, 6.07) is 18.7. The molecule has 1 amide bonds. The molecule has 4 rings (SSSR count). The summed E-state index contributed by atoms with van der Waals surface area (Å²) in [5.41, 5.74) is 3.39. The molecule has 6 nitrogen and oxygen atoms in total. The van der Waals surface area contributed by atoms with Crippen LogP contribution in [0.25, 0.3) is 0 Å². The minimum absolute atomic E-state index is 0.0608. The van der Waals surface area contributed by atoms with Gasteiger partial charge in [0.25, 0.3) is 0 Å². The molecular formula is C24H32N4O2. The van der Waals surface area contributed by atoms with Crippen molar-refractivity contribution in [2.45, 2.75) is 13.0 Å². The number of amides is 1. The molecule has 2 fully saturated rings. The number of carbonyl (C=O) groups is 1. The maximum Gasteiger partial charge on any atom is 0.238 e. The van der Waals surface area contributed by atoms with Gasteiger partial charge in [0.2, 0.25) is 5.91 Å². The largest absolute Gasteiger partial charge is 0.378 e. The van der Waals surface area contributed by atoms with E-state index in [1.54, 1.807) is 0 Å². The highest BCUT2D eigenvalue weighted by Gasteiger charge is 2.17. The standard InChI is InChI=1S/C24H32N4O2/c29-24(25-22-7-9-23(10-8-22)28-15-17-30-18-16-28)20-27-12-4-11-26(13-14-27)19-21-5-2-1-3-6-21/h1-3,5-10H,4,11-20H2,(H,25,29). The molecular weight excluding hydrogens is 376 g/mol. The van der Waals surface area contributed by atoms with Gasteiger partial charge in [-0.1, -0.05) is 30.3 Å². The Morgan fingerprint density at radius 2 is 1.53 bits per heavy atom. The summed E-state index contributed by atoms with van der Waals surface area (Å²) in [6.45, 7) is 8.79. The first-order valence-electron chi connectivity index (χ1n) is 11.0.